The highest BCUT2D eigenvalue weighted by Gasteiger charge is 2.17. The Morgan fingerprint density at radius 2 is 1.64 bits per heavy atom. The topological polar surface area (TPSA) is 105 Å². The van der Waals surface area contributed by atoms with Gasteiger partial charge in [-0.15, -0.1) is 0 Å². The SMILES string of the molecule is CCCCCCCC(=O)NCCCN(C(=O)Nc1ccc([N+](=O)[O-])cc1)c1ccc(F)cc1. The molecule has 178 valence electrons. The van der Waals surface area contributed by atoms with E-state index in [1.807, 2.05) is 0 Å². The minimum atomic E-state index is -0.518. The van der Waals surface area contributed by atoms with Crippen molar-refractivity contribution in [3.8, 4) is 0 Å². The highest BCUT2D eigenvalue weighted by Crippen LogP contribution is 2.19. The van der Waals surface area contributed by atoms with E-state index in [-0.39, 0.29) is 11.6 Å². The van der Waals surface area contributed by atoms with E-state index in [2.05, 4.69) is 17.6 Å². The molecule has 0 saturated heterocycles. The maximum absolute atomic E-state index is 13.3. The molecule has 9 heteroatoms. The number of nitro groups is 1. The number of urea groups is 1. The van der Waals surface area contributed by atoms with E-state index >= 15 is 0 Å². The molecule has 2 rings (SSSR count). The average Bonchev–Trinajstić information content (AvgIpc) is 2.80. The molecule has 2 aromatic carbocycles. The molecular formula is C24H31FN4O4. The number of benzene rings is 2. The lowest BCUT2D eigenvalue weighted by Gasteiger charge is -2.23. The third-order valence-corrected chi connectivity index (χ3v) is 5.10. The van der Waals surface area contributed by atoms with Crippen LogP contribution in [0.25, 0.3) is 0 Å². The molecule has 0 aromatic heterocycles. The van der Waals surface area contributed by atoms with Crippen molar-refractivity contribution >= 4 is 29.0 Å². The highest BCUT2D eigenvalue weighted by atomic mass is 19.1. The van der Waals surface area contributed by atoms with Crippen LogP contribution in [-0.2, 0) is 4.79 Å². The fourth-order valence-electron chi connectivity index (χ4n) is 3.27. The zero-order chi connectivity index (χ0) is 24.1. The third kappa shape index (κ3) is 9.26. The van der Waals surface area contributed by atoms with E-state index in [0.29, 0.717) is 37.3 Å². The van der Waals surface area contributed by atoms with Gasteiger partial charge in [0.1, 0.15) is 5.82 Å². The van der Waals surface area contributed by atoms with Crippen LogP contribution in [0.3, 0.4) is 0 Å². The predicted octanol–water partition coefficient (Wildman–Crippen LogP) is 5.64. The molecule has 0 spiro atoms. The summed E-state index contributed by atoms with van der Waals surface area (Å²) in [5.74, 6) is -0.421. The van der Waals surface area contributed by atoms with Gasteiger partial charge in [-0.3, -0.25) is 19.8 Å². The summed E-state index contributed by atoms with van der Waals surface area (Å²) in [5.41, 5.74) is 0.816. The number of unbranched alkanes of at least 4 members (excludes halogenated alkanes) is 4. The molecule has 2 N–H and O–H groups in total. The molecule has 0 heterocycles. The summed E-state index contributed by atoms with van der Waals surface area (Å²) in [6, 6.07) is 10.6. The Morgan fingerprint density at radius 1 is 0.970 bits per heavy atom. The van der Waals surface area contributed by atoms with E-state index < -0.39 is 16.8 Å². The van der Waals surface area contributed by atoms with Gasteiger partial charge in [0.15, 0.2) is 0 Å². The molecule has 0 aliphatic heterocycles. The third-order valence-electron chi connectivity index (χ3n) is 5.10. The highest BCUT2D eigenvalue weighted by molar-refractivity contribution is 6.01. The van der Waals surface area contributed by atoms with Crippen molar-refractivity contribution in [2.75, 3.05) is 23.3 Å². The van der Waals surface area contributed by atoms with Crippen molar-refractivity contribution < 1.29 is 18.9 Å². The van der Waals surface area contributed by atoms with Gasteiger partial charge in [0.05, 0.1) is 4.92 Å². The first-order valence-electron chi connectivity index (χ1n) is 11.3. The van der Waals surface area contributed by atoms with Crippen LogP contribution in [0, 0.1) is 15.9 Å². The zero-order valence-electron chi connectivity index (χ0n) is 18.9. The number of carbonyl (C=O) groups is 2. The molecule has 0 aliphatic rings. The summed E-state index contributed by atoms with van der Waals surface area (Å²) in [6.45, 7) is 2.85. The van der Waals surface area contributed by atoms with Gasteiger partial charge in [-0.1, -0.05) is 32.6 Å². The molecule has 3 amide bonds. The Bertz CT molecular complexity index is 904. The Labute approximate surface area is 193 Å². The summed E-state index contributed by atoms with van der Waals surface area (Å²) in [5, 5.41) is 16.4. The Balaban J connectivity index is 1.90. The summed E-state index contributed by atoms with van der Waals surface area (Å²) in [6.07, 6.45) is 6.39. The number of carbonyl (C=O) groups excluding carboxylic acids is 2. The number of nitrogens with one attached hydrogen (secondary N) is 2. The minimum Gasteiger partial charge on any atom is -0.356 e. The van der Waals surface area contributed by atoms with E-state index in [0.717, 1.165) is 25.7 Å². The summed E-state index contributed by atoms with van der Waals surface area (Å²) in [7, 11) is 0. The van der Waals surface area contributed by atoms with Crippen molar-refractivity contribution in [1.29, 1.82) is 0 Å². The number of anilines is 2. The van der Waals surface area contributed by atoms with Gasteiger partial charge >= 0.3 is 6.03 Å². The summed E-state index contributed by atoms with van der Waals surface area (Å²) in [4.78, 5) is 36.6. The molecule has 0 fully saturated rings. The molecular weight excluding hydrogens is 427 g/mol. The fourth-order valence-corrected chi connectivity index (χ4v) is 3.27. The van der Waals surface area contributed by atoms with Crippen LogP contribution in [0.4, 0.5) is 26.2 Å². The lowest BCUT2D eigenvalue weighted by atomic mass is 10.1. The number of rotatable bonds is 13. The molecule has 0 saturated carbocycles. The van der Waals surface area contributed by atoms with Crippen molar-refractivity contribution in [2.24, 2.45) is 0 Å². The smallest absolute Gasteiger partial charge is 0.326 e. The molecule has 2 aromatic rings. The van der Waals surface area contributed by atoms with E-state index in [1.54, 1.807) is 0 Å². The Kier molecular flexibility index (Phi) is 10.8. The van der Waals surface area contributed by atoms with E-state index in [1.165, 1.54) is 59.9 Å². The number of hydrogen-bond acceptors (Lipinski definition) is 4. The van der Waals surface area contributed by atoms with Crippen molar-refractivity contribution in [2.45, 2.75) is 51.9 Å². The second-order valence-electron chi connectivity index (χ2n) is 7.73. The van der Waals surface area contributed by atoms with Gasteiger partial charge in [-0.25, -0.2) is 9.18 Å². The van der Waals surface area contributed by atoms with Crippen LogP contribution < -0.4 is 15.5 Å². The summed E-state index contributed by atoms with van der Waals surface area (Å²) >= 11 is 0. The zero-order valence-corrected chi connectivity index (χ0v) is 18.9. The van der Waals surface area contributed by atoms with Crippen molar-refractivity contribution in [3.63, 3.8) is 0 Å². The van der Waals surface area contributed by atoms with Crippen molar-refractivity contribution in [1.82, 2.24) is 5.32 Å². The first kappa shape index (κ1) is 25.8. The Hall–Kier alpha value is -3.49. The number of halogens is 1. The lowest BCUT2D eigenvalue weighted by Crippen LogP contribution is -2.37. The quantitative estimate of drug-likeness (QED) is 0.230. The van der Waals surface area contributed by atoms with Crippen LogP contribution >= 0.6 is 0 Å². The monoisotopic (exact) mass is 458 g/mol. The van der Waals surface area contributed by atoms with Crippen LogP contribution in [0.1, 0.15) is 51.9 Å². The van der Waals surface area contributed by atoms with Crippen molar-refractivity contribution in [3.05, 3.63) is 64.5 Å². The van der Waals surface area contributed by atoms with Gasteiger partial charge in [-0.2, -0.15) is 0 Å². The first-order valence-corrected chi connectivity index (χ1v) is 11.3. The minimum absolute atomic E-state index is 0.00448. The predicted molar refractivity (Wildman–Crippen MR) is 127 cm³/mol. The normalized spacial score (nSPS) is 10.5. The second-order valence-corrected chi connectivity index (χ2v) is 7.73. The molecule has 33 heavy (non-hydrogen) atoms. The molecule has 0 atom stereocenters. The maximum atomic E-state index is 13.3. The van der Waals surface area contributed by atoms with Gasteiger partial charge in [0, 0.05) is 43.0 Å². The van der Waals surface area contributed by atoms with Gasteiger partial charge < -0.3 is 10.6 Å². The molecule has 0 radical (unpaired) electrons. The summed E-state index contributed by atoms with van der Waals surface area (Å²) < 4.78 is 13.3. The molecule has 0 aliphatic carbocycles. The van der Waals surface area contributed by atoms with Gasteiger partial charge in [-0.05, 0) is 49.2 Å². The maximum Gasteiger partial charge on any atom is 0.326 e. The van der Waals surface area contributed by atoms with Crippen LogP contribution in [0.5, 0.6) is 0 Å². The standard InChI is InChI=1S/C24H31FN4O4/c1-2-3-4-5-6-8-23(30)26-17-7-18-28(21-13-9-19(25)10-14-21)24(31)27-20-11-15-22(16-12-20)29(32)33/h9-16H,2-8,17-18H2,1H3,(H,26,30)(H,27,31). The van der Waals surface area contributed by atoms with Crippen LogP contribution in [0.2, 0.25) is 0 Å². The number of non-ortho nitro benzene ring substituents is 1. The van der Waals surface area contributed by atoms with Gasteiger partial charge in [0.25, 0.3) is 5.69 Å². The first-order chi connectivity index (χ1) is 15.9. The second kappa shape index (κ2) is 13.8. The molecule has 0 bridgehead atoms. The van der Waals surface area contributed by atoms with E-state index in [4.69, 9.17) is 0 Å². The fraction of sp³-hybridized carbons (Fsp3) is 0.417. The van der Waals surface area contributed by atoms with Crippen LogP contribution in [-0.4, -0.2) is 30.0 Å². The Morgan fingerprint density at radius 3 is 2.27 bits per heavy atom. The number of nitro benzene ring substituents is 1. The number of amides is 3. The average molecular weight is 459 g/mol. The van der Waals surface area contributed by atoms with Gasteiger partial charge in [0.2, 0.25) is 5.91 Å². The largest absolute Gasteiger partial charge is 0.356 e. The molecule has 0 unspecified atom stereocenters. The van der Waals surface area contributed by atoms with E-state index in [9.17, 15) is 24.1 Å². The number of nitrogens with zero attached hydrogens (tertiary/aromatic N) is 2. The molecule has 8 nitrogen and oxygen atoms in total. The lowest BCUT2D eigenvalue weighted by molar-refractivity contribution is -0.384. The number of hydrogen-bond donors (Lipinski definition) is 2. The van der Waals surface area contributed by atoms with Crippen LogP contribution in [0.15, 0.2) is 48.5 Å².